The van der Waals surface area contributed by atoms with Crippen LogP contribution in [0.15, 0.2) is 48.5 Å². The third kappa shape index (κ3) is 5.71. The average Bonchev–Trinajstić information content (AvgIpc) is 3.22. The molecule has 1 saturated heterocycles. The van der Waals surface area contributed by atoms with E-state index in [0.29, 0.717) is 6.04 Å². The van der Waals surface area contributed by atoms with E-state index in [9.17, 15) is 0 Å². The number of ether oxygens (including phenoxy) is 1. The molecule has 4 rings (SSSR count). The summed E-state index contributed by atoms with van der Waals surface area (Å²) in [7, 11) is 3.96. The molecule has 6 heteroatoms. The van der Waals surface area contributed by atoms with Crippen molar-refractivity contribution in [1.29, 1.82) is 0 Å². The molecule has 0 saturated carbocycles. The second-order valence-electron chi connectivity index (χ2n) is 9.95. The quantitative estimate of drug-likeness (QED) is 0.439. The van der Waals surface area contributed by atoms with Gasteiger partial charge < -0.3 is 14.5 Å². The predicted octanol–water partition coefficient (Wildman–Crippen LogP) is 4.91. The minimum atomic E-state index is 0.382. The summed E-state index contributed by atoms with van der Waals surface area (Å²) in [6, 6.07) is 17.4. The summed E-state index contributed by atoms with van der Waals surface area (Å²) in [6.45, 7) is 14.8. The molecule has 0 unspecified atom stereocenters. The summed E-state index contributed by atoms with van der Waals surface area (Å²) >= 11 is 0. The fourth-order valence-electron chi connectivity index (χ4n) is 4.89. The Morgan fingerprint density at radius 2 is 1.74 bits per heavy atom. The molecule has 0 amide bonds. The molecular weight excluding hydrogens is 434 g/mol. The molecular formula is C29H41N5O. The van der Waals surface area contributed by atoms with Crippen molar-refractivity contribution in [2.24, 2.45) is 0 Å². The maximum Gasteiger partial charge on any atom is 0.137 e. The van der Waals surface area contributed by atoms with Gasteiger partial charge in [0.1, 0.15) is 11.6 Å². The molecule has 1 aliphatic heterocycles. The van der Waals surface area contributed by atoms with E-state index in [0.717, 1.165) is 57.1 Å². The number of methoxy groups -OCH3 is 1. The van der Waals surface area contributed by atoms with Gasteiger partial charge in [-0.2, -0.15) is 5.10 Å². The summed E-state index contributed by atoms with van der Waals surface area (Å²) in [4.78, 5) is 7.49. The van der Waals surface area contributed by atoms with Crippen LogP contribution in [-0.2, 0) is 19.5 Å². The molecule has 1 aliphatic rings. The number of rotatable bonds is 9. The molecule has 3 aromatic rings. The molecule has 2 heterocycles. The maximum atomic E-state index is 5.67. The number of hydrogen-bond donors (Lipinski definition) is 0. The standard InChI is InChI=1S/C29H41N5O/c1-7-27-26(21-33(22(2)3)20-24-12-8-9-14-28(24)35-6)29(32-17-15-31(5)16-18-32)34(30-27)25-13-10-11-23(4)19-25/h8-14,19,22H,7,15-18,20-21H2,1-6H3. The molecule has 0 spiro atoms. The number of nitrogens with zero attached hydrogens (tertiary/aromatic N) is 5. The van der Waals surface area contributed by atoms with Crippen LogP contribution >= 0.6 is 0 Å². The highest BCUT2D eigenvalue weighted by Gasteiger charge is 2.27. The van der Waals surface area contributed by atoms with Crippen LogP contribution in [0.1, 0.15) is 43.2 Å². The zero-order valence-electron chi connectivity index (χ0n) is 22.3. The molecule has 0 aliphatic carbocycles. The highest BCUT2D eigenvalue weighted by molar-refractivity contribution is 5.56. The Hall–Kier alpha value is -2.83. The molecule has 1 aromatic heterocycles. The van der Waals surface area contributed by atoms with E-state index in [1.54, 1.807) is 7.11 Å². The zero-order valence-corrected chi connectivity index (χ0v) is 22.3. The lowest BCUT2D eigenvalue weighted by Crippen LogP contribution is -2.45. The number of hydrogen-bond acceptors (Lipinski definition) is 5. The number of piperazine rings is 1. The van der Waals surface area contributed by atoms with Crippen LogP contribution in [0, 0.1) is 6.92 Å². The van der Waals surface area contributed by atoms with E-state index in [1.165, 1.54) is 28.2 Å². The number of para-hydroxylation sites is 1. The Bertz CT molecular complexity index is 1110. The fourth-order valence-corrected chi connectivity index (χ4v) is 4.89. The molecule has 35 heavy (non-hydrogen) atoms. The van der Waals surface area contributed by atoms with Crippen molar-refractivity contribution in [2.75, 3.05) is 45.2 Å². The summed E-state index contributed by atoms with van der Waals surface area (Å²) in [5.74, 6) is 2.20. The normalized spacial score (nSPS) is 14.8. The highest BCUT2D eigenvalue weighted by atomic mass is 16.5. The van der Waals surface area contributed by atoms with Gasteiger partial charge >= 0.3 is 0 Å². The zero-order chi connectivity index (χ0) is 24.9. The number of anilines is 1. The lowest BCUT2D eigenvalue weighted by molar-refractivity contribution is 0.200. The Kier molecular flexibility index (Phi) is 8.14. The van der Waals surface area contributed by atoms with Crippen LogP contribution in [0.4, 0.5) is 5.82 Å². The smallest absolute Gasteiger partial charge is 0.137 e. The van der Waals surface area contributed by atoms with Gasteiger partial charge in [0.25, 0.3) is 0 Å². The van der Waals surface area contributed by atoms with Gasteiger partial charge in [-0.1, -0.05) is 37.3 Å². The Morgan fingerprint density at radius 3 is 2.40 bits per heavy atom. The molecule has 0 radical (unpaired) electrons. The summed E-state index contributed by atoms with van der Waals surface area (Å²) in [5, 5.41) is 5.20. The van der Waals surface area contributed by atoms with E-state index >= 15 is 0 Å². The maximum absolute atomic E-state index is 5.67. The van der Waals surface area contributed by atoms with Gasteiger partial charge in [-0.3, -0.25) is 4.90 Å². The summed E-state index contributed by atoms with van der Waals surface area (Å²) in [6.07, 6.45) is 0.912. The molecule has 0 N–H and O–H groups in total. The van der Waals surface area contributed by atoms with Gasteiger partial charge in [0.05, 0.1) is 18.5 Å². The first-order chi connectivity index (χ1) is 16.9. The number of aryl methyl sites for hydroxylation is 2. The van der Waals surface area contributed by atoms with Gasteiger partial charge in [0.2, 0.25) is 0 Å². The van der Waals surface area contributed by atoms with Gasteiger partial charge in [-0.25, -0.2) is 4.68 Å². The van der Waals surface area contributed by atoms with Crippen molar-refractivity contribution >= 4 is 5.82 Å². The van der Waals surface area contributed by atoms with Crippen molar-refractivity contribution in [1.82, 2.24) is 19.6 Å². The largest absolute Gasteiger partial charge is 0.496 e. The SMILES string of the molecule is CCc1nn(-c2cccc(C)c2)c(N2CCN(C)CC2)c1CN(Cc1ccccc1OC)C(C)C. The third-order valence-electron chi connectivity index (χ3n) is 7.08. The van der Waals surface area contributed by atoms with Crippen LogP contribution in [0.3, 0.4) is 0 Å². The highest BCUT2D eigenvalue weighted by Crippen LogP contribution is 2.32. The van der Waals surface area contributed by atoms with Gasteiger partial charge in [0, 0.05) is 56.4 Å². The van der Waals surface area contributed by atoms with Crippen LogP contribution in [0.5, 0.6) is 5.75 Å². The van der Waals surface area contributed by atoms with E-state index in [4.69, 9.17) is 9.84 Å². The molecule has 0 atom stereocenters. The number of likely N-dealkylation sites (N-methyl/N-ethyl adjacent to an activating group) is 1. The molecule has 1 fully saturated rings. The Labute approximate surface area is 211 Å². The van der Waals surface area contributed by atoms with Gasteiger partial charge in [-0.05, 0) is 58.0 Å². The number of aromatic nitrogens is 2. The van der Waals surface area contributed by atoms with E-state index in [-0.39, 0.29) is 0 Å². The molecule has 6 nitrogen and oxygen atoms in total. The minimum absolute atomic E-state index is 0.382. The minimum Gasteiger partial charge on any atom is -0.496 e. The van der Waals surface area contributed by atoms with Gasteiger partial charge in [0.15, 0.2) is 0 Å². The van der Waals surface area contributed by atoms with Crippen LogP contribution in [-0.4, -0.2) is 66.0 Å². The van der Waals surface area contributed by atoms with E-state index in [1.807, 2.05) is 6.07 Å². The fraction of sp³-hybridized carbons (Fsp3) is 0.483. The van der Waals surface area contributed by atoms with Crippen molar-refractivity contribution < 1.29 is 4.74 Å². The average molecular weight is 476 g/mol. The second-order valence-corrected chi connectivity index (χ2v) is 9.95. The third-order valence-corrected chi connectivity index (χ3v) is 7.08. The van der Waals surface area contributed by atoms with Crippen molar-refractivity contribution in [3.05, 3.63) is 70.9 Å². The van der Waals surface area contributed by atoms with Crippen molar-refractivity contribution in [3.63, 3.8) is 0 Å². The van der Waals surface area contributed by atoms with E-state index in [2.05, 4.69) is 96.6 Å². The lowest BCUT2D eigenvalue weighted by Gasteiger charge is -2.35. The molecule has 0 bridgehead atoms. The first kappa shape index (κ1) is 25.3. The topological polar surface area (TPSA) is 36.8 Å². The monoisotopic (exact) mass is 475 g/mol. The van der Waals surface area contributed by atoms with Crippen LogP contribution in [0.2, 0.25) is 0 Å². The first-order valence-electron chi connectivity index (χ1n) is 12.9. The number of benzene rings is 2. The van der Waals surface area contributed by atoms with Crippen LogP contribution < -0.4 is 9.64 Å². The van der Waals surface area contributed by atoms with E-state index < -0.39 is 0 Å². The van der Waals surface area contributed by atoms with Crippen molar-refractivity contribution in [2.45, 2.75) is 53.2 Å². The van der Waals surface area contributed by atoms with Crippen molar-refractivity contribution in [3.8, 4) is 11.4 Å². The van der Waals surface area contributed by atoms with Gasteiger partial charge in [-0.15, -0.1) is 0 Å². The second kappa shape index (κ2) is 11.3. The Morgan fingerprint density at radius 1 is 1.00 bits per heavy atom. The summed E-state index contributed by atoms with van der Waals surface area (Å²) in [5.41, 5.74) is 6.14. The molecule has 2 aromatic carbocycles. The summed E-state index contributed by atoms with van der Waals surface area (Å²) < 4.78 is 7.87. The first-order valence-corrected chi connectivity index (χ1v) is 12.9. The van der Waals surface area contributed by atoms with Crippen LogP contribution in [0.25, 0.3) is 5.69 Å². The predicted molar refractivity (Wildman–Crippen MR) is 145 cm³/mol. The molecule has 188 valence electrons. The Balaban J connectivity index is 1.77. The lowest BCUT2D eigenvalue weighted by atomic mass is 10.1.